The molecule has 5 aromatic rings. The molecule has 0 spiro atoms. The molecule has 0 saturated carbocycles. The first-order valence-corrected chi connectivity index (χ1v) is 19.4. The number of nitrogens with one attached hydrogen (secondary N) is 4. The van der Waals surface area contributed by atoms with E-state index in [9.17, 15) is 43.2 Å². The first-order valence-electron chi connectivity index (χ1n) is 19.4. The molecule has 0 unspecified atom stereocenters. The number of Topliss-reactive ketones (excluding diaryl/α,β-unsaturated/α-hetero) is 2. The zero-order valence-corrected chi connectivity index (χ0v) is 35.2. The quantitative estimate of drug-likeness (QED) is 0.0426. The Morgan fingerprint density at radius 3 is 1.19 bits per heavy atom. The molecule has 0 saturated heterocycles. The van der Waals surface area contributed by atoms with E-state index >= 15 is 0 Å². The molecule has 15 nitrogen and oxygen atoms in total. The summed E-state index contributed by atoms with van der Waals surface area (Å²) in [5, 5.41) is 10.6. The number of rotatable bonds is 17. The third-order valence-electron chi connectivity index (χ3n) is 9.46. The summed E-state index contributed by atoms with van der Waals surface area (Å²) in [6, 6.07) is 26.5. The summed E-state index contributed by atoms with van der Waals surface area (Å²) in [5.74, 6) is -6.23. The van der Waals surface area contributed by atoms with E-state index in [0.717, 1.165) is 23.8 Å². The molecule has 324 valence electrons. The van der Waals surface area contributed by atoms with Crippen molar-refractivity contribution in [3.8, 4) is 0 Å². The SMILES string of the molecule is C=C(C)C(=O)COC(=O)c1ccc(C(=O)c2ccc(C(=O)OCC(=O)C(=C)C)c(C(=O)Nc3ccc(C(=O)Nc4ccc(NC(=O)c5ccc(C)cc5)cc4)cc3)c2)cc1C(=O)NC. The average molecular weight is 863 g/mol. The summed E-state index contributed by atoms with van der Waals surface area (Å²) in [6.45, 7) is 10.6. The van der Waals surface area contributed by atoms with Gasteiger partial charge in [-0.2, -0.15) is 0 Å². The molecule has 0 aromatic heterocycles. The van der Waals surface area contributed by atoms with Gasteiger partial charge in [-0.05, 0) is 117 Å². The zero-order chi connectivity index (χ0) is 46.7. The van der Waals surface area contributed by atoms with Crippen molar-refractivity contribution in [2.45, 2.75) is 20.8 Å². The molecule has 5 rings (SSSR count). The fraction of sp³-hybridized carbons (Fsp3) is 0.122. The maximum absolute atomic E-state index is 13.9. The number of ketones is 3. The fourth-order valence-electron chi connectivity index (χ4n) is 5.72. The van der Waals surface area contributed by atoms with Crippen molar-refractivity contribution in [3.63, 3.8) is 0 Å². The van der Waals surface area contributed by atoms with Gasteiger partial charge in [0.1, 0.15) is 0 Å². The van der Waals surface area contributed by atoms with Gasteiger partial charge in [0.25, 0.3) is 23.6 Å². The van der Waals surface area contributed by atoms with Crippen LogP contribution < -0.4 is 21.3 Å². The van der Waals surface area contributed by atoms with Gasteiger partial charge < -0.3 is 30.7 Å². The molecule has 5 aromatic carbocycles. The van der Waals surface area contributed by atoms with Crippen LogP contribution in [0.4, 0.5) is 17.1 Å². The van der Waals surface area contributed by atoms with E-state index in [1.165, 1.54) is 63.4 Å². The van der Waals surface area contributed by atoms with E-state index in [0.29, 0.717) is 16.9 Å². The van der Waals surface area contributed by atoms with E-state index in [4.69, 9.17) is 9.47 Å². The second kappa shape index (κ2) is 20.8. The van der Waals surface area contributed by atoms with Gasteiger partial charge in [-0.3, -0.25) is 33.6 Å². The van der Waals surface area contributed by atoms with Crippen LogP contribution >= 0.6 is 0 Å². The minimum atomic E-state index is -1.05. The van der Waals surface area contributed by atoms with Crippen molar-refractivity contribution in [1.29, 1.82) is 0 Å². The van der Waals surface area contributed by atoms with E-state index < -0.39 is 60.2 Å². The molecule has 4 N–H and O–H groups in total. The topological polar surface area (TPSA) is 220 Å². The van der Waals surface area contributed by atoms with Crippen LogP contribution in [0.5, 0.6) is 0 Å². The molecule has 64 heavy (non-hydrogen) atoms. The minimum absolute atomic E-state index is 0.0865. The molecule has 0 atom stereocenters. The Morgan fingerprint density at radius 2 is 0.797 bits per heavy atom. The number of carbonyl (C=O) groups is 9. The first-order chi connectivity index (χ1) is 30.4. The smallest absolute Gasteiger partial charge is 0.339 e. The number of amides is 4. The highest BCUT2D eigenvalue weighted by molar-refractivity contribution is 6.16. The minimum Gasteiger partial charge on any atom is -0.454 e. The number of hydrogen-bond donors (Lipinski definition) is 4. The van der Waals surface area contributed by atoms with Crippen molar-refractivity contribution >= 4 is 70.0 Å². The van der Waals surface area contributed by atoms with E-state index in [1.54, 1.807) is 36.4 Å². The number of esters is 2. The highest BCUT2D eigenvalue weighted by atomic mass is 16.5. The van der Waals surface area contributed by atoms with Crippen LogP contribution in [-0.2, 0) is 19.1 Å². The van der Waals surface area contributed by atoms with Gasteiger partial charge in [-0.1, -0.05) is 43.0 Å². The molecule has 0 aliphatic heterocycles. The van der Waals surface area contributed by atoms with Crippen LogP contribution in [-0.4, -0.2) is 73.2 Å². The largest absolute Gasteiger partial charge is 0.454 e. The van der Waals surface area contributed by atoms with Crippen LogP contribution in [0.3, 0.4) is 0 Å². The zero-order valence-electron chi connectivity index (χ0n) is 35.2. The number of carbonyl (C=O) groups excluding carboxylic acids is 9. The molecular weight excluding hydrogens is 821 g/mol. The Bertz CT molecular complexity index is 2740. The van der Waals surface area contributed by atoms with Crippen molar-refractivity contribution in [2.24, 2.45) is 0 Å². The molecule has 15 heteroatoms. The van der Waals surface area contributed by atoms with Crippen LogP contribution in [0.25, 0.3) is 0 Å². The normalized spacial score (nSPS) is 10.4. The molecule has 0 fully saturated rings. The molecule has 0 bridgehead atoms. The summed E-state index contributed by atoms with van der Waals surface area (Å²) < 4.78 is 10.2. The Morgan fingerprint density at radius 1 is 0.453 bits per heavy atom. The highest BCUT2D eigenvalue weighted by Gasteiger charge is 2.25. The van der Waals surface area contributed by atoms with Crippen LogP contribution in [0.2, 0.25) is 0 Å². The van der Waals surface area contributed by atoms with Crippen molar-refractivity contribution < 1.29 is 52.6 Å². The Hall–Kier alpha value is -8.59. The maximum Gasteiger partial charge on any atom is 0.339 e. The molecule has 4 amide bonds. The lowest BCUT2D eigenvalue weighted by Gasteiger charge is -2.13. The van der Waals surface area contributed by atoms with E-state index in [-0.39, 0.29) is 61.7 Å². The van der Waals surface area contributed by atoms with Crippen molar-refractivity contribution in [2.75, 3.05) is 36.2 Å². The van der Waals surface area contributed by atoms with Gasteiger partial charge in [0, 0.05) is 46.4 Å². The van der Waals surface area contributed by atoms with Gasteiger partial charge in [0.05, 0.1) is 22.3 Å². The molecule has 0 heterocycles. The van der Waals surface area contributed by atoms with Gasteiger partial charge in [0.2, 0.25) is 0 Å². The second-order valence-corrected chi connectivity index (χ2v) is 14.4. The number of ether oxygens (including phenoxy) is 2. The Balaban J connectivity index is 1.34. The lowest BCUT2D eigenvalue weighted by Crippen LogP contribution is -2.23. The van der Waals surface area contributed by atoms with Crippen LogP contribution in [0.1, 0.15) is 97.5 Å². The van der Waals surface area contributed by atoms with Gasteiger partial charge in [-0.25, -0.2) is 9.59 Å². The molecule has 0 aliphatic rings. The highest BCUT2D eigenvalue weighted by Crippen LogP contribution is 2.23. The summed E-state index contributed by atoms with van der Waals surface area (Å²) >= 11 is 0. The van der Waals surface area contributed by atoms with E-state index in [2.05, 4.69) is 34.4 Å². The van der Waals surface area contributed by atoms with Crippen LogP contribution in [0.15, 0.2) is 133 Å². The summed E-state index contributed by atoms with van der Waals surface area (Å²) in [7, 11) is 1.31. The van der Waals surface area contributed by atoms with Crippen molar-refractivity contribution in [3.05, 3.63) is 184 Å². The number of hydrogen-bond acceptors (Lipinski definition) is 11. The average Bonchev–Trinajstić information content (AvgIpc) is 3.29. The summed E-state index contributed by atoms with van der Waals surface area (Å²) in [5.41, 5.74) is 1.93. The molecule has 0 aliphatic carbocycles. The monoisotopic (exact) mass is 862 g/mol. The number of aryl methyl sites for hydroxylation is 1. The Labute approximate surface area is 367 Å². The molecule has 0 radical (unpaired) electrons. The van der Waals surface area contributed by atoms with Crippen molar-refractivity contribution in [1.82, 2.24) is 5.32 Å². The summed E-state index contributed by atoms with van der Waals surface area (Å²) in [4.78, 5) is 116. The van der Waals surface area contributed by atoms with E-state index in [1.807, 2.05) is 19.1 Å². The Kier molecular flexibility index (Phi) is 15.1. The lowest BCUT2D eigenvalue weighted by molar-refractivity contribution is -0.119. The molecular formula is C49H42N4O11. The predicted octanol–water partition coefficient (Wildman–Crippen LogP) is 6.95. The fourth-order valence-corrected chi connectivity index (χ4v) is 5.72. The first kappa shape index (κ1) is 46.5. The second-order valence-electron chi connectivity index (χ2n) is 14.4. The third kappa shape index (κ3) is 11.8. The predicted molar refractivity (Wildman–Crippen MR) is 238 cm³/mol. The van der Waals surface area contributed by atoms with Gasteiger partial charge >= 0.3 is 11.9 Å². The van der Waals surface area contributed by atoms with Crippen LogP contribution in [0, 0.1) is 6.92 Å². The van der Waals surface area contributed by atoms with Gasteiger partial charge in [0.15, 0.2) is 30.6 Å². The lowest BCUT2D eigenvalue weighted by atomic mass is 9.95. The third-order valence-corrected chi connectivity index (χ3v) is 9.46. The van der Waals surface area contributed by atoms with Gasteiger partial charge in [-0.15, -0.1) is 0 Å². The number of anilines is 3. The maximum atomic E-state index is 13.9. The number of benzene rings is 5. The summed E-state index contributed by atoms with van der Waals surface area (Å²) in [6.07, 6.45) is 0. The standard InChI is InChI=1S/C49H42N4O11/c1-27(2)41(54)25-63-48(61)37-21-13-32(23-39(37)46(59)50-6)43(56)33-14-22-38(49(62)64-26-42(55)28(3)4)40(24-33)47(60)53-34-15-11-31(12-16-34)45(58)52-36-19-17-35(18-20-36)51-44(57)30-9-7-29(5)8-10-30/h7-24H,1,3,25-26H2,2,4-6H3,(H,50,59)(H,51,57)(H,52,58)(H,53,60).